The molecule has 1 aromatic carbocycles. The number of carbonyl (C=O) groups is 1. The highest BCUT2D eigenvalue weighted by molar-refractivity contribution is 5.97. The van der Waals surface area contributed by atoms with E-state index in [1.165, 1.54) is 30.4 Å². The van der Waals surface area contributed by atoms with Crippen molar-refractivity contribution in [3.05, 3.63) is 28.8 Å². The third-order valence-electron chi connectivity index (χ3n) is 8.21. The second-order valence-electron chi connectivity index (χ2n) is 10.6. The summed E-state index contributed by atoms with van der Waals surface area (Å²) < 4.78 is 17.3. The second-order valence-corrected chi connectivity index (χ2v) is 10.6. The van der Waals surface area contributed by atoms with E-state index in [-0.39, 0.29) is 28.9 Å². The van der Waals surface area contributed by atoms with E-state index in [2.05, 4.69) is 26.0 Å². The number of benzene rings is 1. The van der Waals surface area contributed by atoms with Crippen LogP contribution in [0.4, 0.5) is 0 Å². The smallest absolute Gasteiger partial charge is 0.257 e. The van der Waals surface area contributed by atoms with Crippen molar-refractivity contribution in [2.24, 2.45) is 11.3 Å². The molecule has 5 nitrogen and oxygen atoms in total. The van der Waals surface area contributed by atoms with Gasteiger partial charge in [0.25, 0.3) is 5.91 Å². The topological polar surface area (TPSA) is 48.0 Å². The Labute approximate surface area is 187 Å². The number of aryl methyl sites for hydroxylation is 1. The summed E-state index contributed by atoms with van der Waals surface area (Å²) in [6, 6.07) is 4.31. The van der Waals surface area contributed by atoms with E-state index >= 15 is 0 Å². The van der Waals surface area contributed by atoms with Gasteiger partial charge in [-0.3, -0.25) is 4.79 Å². The first-order chi connectivity index (χ1) is 14.7. The third kappa shape index (κ3) is 3.89. The molecule has 1 aromatic rings. The van der Waals surface area contributed by atoms with Crippen LogP contribution in [0.1, 0.15) is 74.9 Å². The van der Waals surface area contributed by atoms with Crippen LogP contribution in [-0.2, 0) is 21.3 Å². The fraction of sp³-hybridized carbons (Fsp3) is 0.731. The van der Waals surface area contributed by atoms with E-state index in [1.54, 1.807) is 7.11 Å². The van der Waals surface area contributed by atoms with Crippen molar-refractivity contribution in [2.45, 2.75) is 77.4 Å². The molecule has 2 fully saturated rings. The zero-order valence-corrected chi connectivity index (χ0v) is 20.1. The average molecular weight is 430 g/mol. The van der Waals surface area contributed by atoms with Gasteiger partial charge in [-0.25, -0.2) is 0 Å². The molecule has 3 aliphatic rings. The first-order valence-electron chi connectivity index (χ1n) is 11.9. The third-order valence-corrected chi connectivity index (χ3v) is 8.21. The summed E-state index contributed by atoms with van der Waals surface area (Å²) >= 11 is 0. The quantitative estimate of drug-likeness (QED) is 0.702. The molecule has 172 valence electrons. The summed E-state index contributed by atoms with van der Waals surface area (Å²) in [4.78, 5) is 15.4. The lowest BCUT2D eigenvalue weighted by atomic mass is 9.50. The lowest BCUT2D eigenvalue weighted by molar-refractivity contribution is -0.0586. The minimum absolute atomic E-state index is 0.0525. The van der Waals surface area contributed by atoms with Crippen LogP contribution >= 0.6 is 0 Å². The van der Waals surface area contributed by atoms with Crippen molar-refractivity contribution in [1.29, 1.82) is 0 Å². The van der Waals surface area contributed by atoms with E-state index in [1.807, 2.05) is 25.9 Å². The molecule has 1 aliphatic heterocycles. The van der Waals surface area contributed by atoms with E-state index < -0.39 is 0 Å². The highest BCUT2D eigenvalue weighted by Gasteiger charge is 2.52. The highest BCUT2D eigenvalue weighted by atomic mass is 16.5. The second kappa shape index (κ2) is 8.40. The van der Waals surface area contributed by atoms with Gasteiger partial charge in [-0.2, -0.15) is 0 Å². The van der Waals surface area contributed by atoms with Gasteiger partial charge in [0, 0.05) is 20.2 Å². The monoisotopic (exact) mass is 429 g/mol. The van der Waals surface area contributed by atoms with Gasteiger partial charge in [0.2, 0.25) is 0 Å². The Balaban J connectivity index is 1.71. The molecule has 4 rings (SSSR count). The summed E-state index contributed by atoms with van der Waals surface area (Å²) in [5.74, 6) is 1.34. The molecule has 1 heterocycles. The predicted molar refractivity (Wildman–Crippen MR) is 122 cm³/mol. The number of methoxy groups -OCH3 is 2. The molecular weight excluding hydrogens is 390 g/mol. The molecule has 5 atom stereocenters. The fourth-order valence-electron chi connectivity index (χ4n) is 6.98. The Morgan fingerprint density at radius 1 is 1.16 bits per heavy atom. The van der Waals surface area contributed by atoms with Crippen LogP contribution in [0.25, 0.3) is 0 Å². The Bertz CT molecular complexity index is 825. The number of carbonyl (C=O) groups excluding carboxylic acids is 1. The normalized spacial score (nSPS) is 35.3. The number of fused-ring (bicyclic) bond motifs is 3. The first kappa shape index (κ1) is 22.6. The average Bonchev–Trinajstić information content (AvgIpc) is 2.71. The van der Waals surface area contributed by atoms with Crippen LogP contribution < -0.4 is 4.74 Å². The SMILES string of the molecule is COC[C@@]1(C)CCC[C@]2(C)c3cc(OC)c(C(=O)N4C[C@@H](C)O[C@H](C)C4)cc3CC[C@@H]12. The predicted octanol–water partition coefficient (Wildman–Crippen LogP) is 4.60. The molecule has 1 saturated carbocycles. The van der Waals surface area contributed by atoms with Crippen molar-refractivity contribution in [1.82, 2.24) is 4.90 Å². The molecule has 0 radical (unpaired) electrons. The molecule has 0 aromatic heterocycles. The van der Waals surface area contributed by atoms with Gasteiger partial charge in [0.15, 0.2) is 0 Å². The molecule has 0 bridgehead atoms. The van der Waals surface area contributed by atoms with Gasteiger partial charge in [0.1, 0.15) is 5.75 Å². The zero-order valence-electron chi connectivity index (χ0n) is 20.1. The maximum Gasteiger partial charge on any atom is 0.257 e. The summed E-state index contributed by atoms with van der Waals surface area (Å²) in [5.41, 5.74) is 3.68. The standard InChI is InChI=1S/C26H39NO4/c1-17-14-27(15-18(2)31-17)24(28)20-12-19-8-9-23-25(3,16-29-5)10-7-11-26(23,4)21(19)13-22(20)30-6/h12-13,17-18,23H,7-11,14-16H2,1-6H3/t17-,18-,23+,25-,26-/m1/s1. The molecule has 1 saturated heterocycles. The molecule has 5 heteroatoms. The van der Waals surface area contributed by atoms with Crippen LogP contribution in [0.3, 0.4) is 0 Å². The van der Waals surface area contributed by atoms with Gasteiger partial charge >= 0.3 is 0 Å². The lowest BCUT2D eigenvalue weighted by Gasteiger charge is -2.55. The number of ether oxygens (including phenoxy) is 3. The van der Waals surface area contributed by atoms with Crippen molar-refractivity contribution in [2.75, 3.05) is 33.9 Å². The number of hydrogen-bond donors (Lipinski definition) is 0. The van der Waals surface area contributed by atoms with Crippen LogP contribution in [0.5, 0.6) is 5.75 Å². The largest absolute Gasteiger partial charge is 0.496 e. The van der Waals surface area contributed by atoms with Gasteiger partial charge in [-0.05, 0) is 79.5 Å². The van der Waals surface area contributed by atoms with Crippen molar-refractivity contribution in [3.8, 4) is 5.75 Å². The molecule has 31 heavy (non-hydrogen) atoms. The van der Waals surface area contributed by atoms with Crippen molar-refractivity contribution >= 4 is 5.91 Å². The Kier molecular flexibility index (Phi) is 6.12. The number of hydrogen-bond acceptors (Lipinski definition) is 4. The Hall–Kier alpha value is -1.59. The fourth-order valence-corrected chi connectivity index (χ4v) is 6.98. The maximum atomic E-state index is 13.5. The molecule has 2 aliphatic carbocycles. The van der Waals surface area contributed by atoms with E-state index in [0.29, 0.717) is 30.3 Å². The molecular formula is C26H39NO4. The minimum atomic E-state index is 0.0525. The summed E-state index contributed by atoms with van der Waals surface area (Å²) in [6.07, 6.45) is 5.87. The van der Waals surface area contributed by atoms with E-state index in [0.717, 1.165) is 19.4 Å². The minimum Gasteiger partial charge on any atom is -0.496 e. The van der Waals surface area contributed by atoms with Gasteiger partial charge in [-0.15, -0.1) is 0 Å². The van der Waals surface area contributed by atoms with E-state index in [4.69, 9.17) is 14.2 Å². The molecule has 1 amide bonds. The van der Waals surface area contributed by atoms with Gasteiger partial charge < -0.3 is 19.1 Å². The Morgan fingerprint density at radius 2 is 1.87 bits per heavy atom. The van der Waals surface area contributed by atoms with E-state index in [9.17, 15) is 4.79 Å². The van der Waals surface area contributed by atoms with Crippen LogP contribution in [-0.4, -0.2) is 56.9 Å². The number of rotatable bonds is 4. The zero-order chi connectivity index (χ0) is 22.4. The summed E-state index contributed by atoms with van der Waals surface area (Å²) in [6.45, 7) is 10.9. The molecule has 0 unspecified atom stereocenters. The molecule has 0 spiro atoms. The van der Waals surface area contributed by atoms with Crippen molar-refractivity contribution in [3.63, 3.8) is 0 Å². The first-order valence-corrected chi connectivity index (χ1v) is 11.9. The van der Waals surface area contributed by atoms with Crippen molar-refractivity contribution < 1.29 is 19.0 Å². The number of morpholine rings is 1. The number of amides is 1. The Morgan fingerprint density at radius 3 is 2.52 bits per heavy atom. The van der Waals surface area contributed by atoms with Crippen LogP contribution in [0, 0.1) is 11.3 Å². The van der Waals surface area contributed by atoms with Gasteiger partial charge in [-0.1, -0.05) is 20.3 Å². The highest BCUT2D eigenvalue weighted by Crippen LogP contribution is 2.57. The van der Waals surface area contributed by atoms with Crippen LogP contribution in [0.2, 0.25) is 0 Å². The van der Waals surface area contributed by atoms with Crippen LogP contribution in [0.15, 0.2) is 12.1 Å². The maximum absolute atomic E-state index is 13.5. The molecule has 0 N–H and O–H groups in total. The van der Waals surface area contributed by atoms with Gasteiger partial charge in [0.05, 0.1) is 31.5 Å². The lowest BCUT2D eigenvalue weighted by Crippen LogP contribution is -2.51. The number of nitrogens with zero attached hydrogens (tertiary/aromatic N) is 1. The summed E-state index contributed by atoms with van der Waals surface area (Å²) in [7, 11) is 3.50. The summed E-state index contributed by atoms with van der Waals surface area (Å²) in [5, 5.41) is 0.